The van der Waals surface area contributed by atoms with Gasteiger partial charge in [-0.15, -0.1) is 0 Å². The Morgan fingerprint density at radius 1 is 0.241 bits per heavy atom. The average molecular weight is 757 g/mol. The van der Waals surface area contributed by atoms with Crippen molar-refractivity contribution in [1.82, 2.24) is 9.80 Å². The maximum Gasteiger partial charge on any atom is 0.101 e. The van der Waals surface area contributed by atoms with Crippen LogP contribution in [0.5, 0.6) is 0 Å². The summed E-state index contributed by atoms with van der Waals surface area (Å²) in [6.45, 7) is 9.50. The predicted molar refractivity (Wildman–Crippen MR) is 247 cm³/mol. The van der Waals surface area contributed by atoms with E-state index in [1.165, 1.54) is 296 Å². The summed E-state index contributed by atoms with van der Waals surface area (Å²) >= 11 is 0. The Kier molecular flexibility index (Phi) is 41.3. The van der Waals surface area contributed by atoms with Gasteiger partial charge in [0.1, 0.15) is 6.17 Å². The molecule has 0 aromatic heterocycles. The van der Waals surface area contributed by atoms with Crippen molar-refractivity contribution in [1.29, 1.82) is 0 Å². The number of nitrogens with zero attached hydrogens (tertiary/aromatic N) is 2. The third kappa shape index (κ3) is 34.6. The standard InChI is InChI=1S/C52H104N2/c1-4-7-10-13-16-19-22-24-26-28-29-31-33-35-38-41-44-47-52-53(48-45-42-39-36-21-18-15-12-9-6-3)50-51-54(52)49-46-43-40-37-34-32-30-27-25-23-20-17-14-11-8-5-2/h50-52H,4-49H2,1-3H3. The van der Waals surface area contributed by atoms with Crippen molar-refractivity contribution in [2.75, 3.05) is 13.1 Å². The van der Waals surface area contributed by atoms with E-state index < -0.39 is 0 Å². The van der Waals surface area contributed by atoms with Crippen LogP contribution in [0.3, 0.4) is 0 Å². The van der Waals surface area contributed by atoms with E-state index in [1.54, 1.807) is 0 Å². The van der Waals surface area contributed by atoms with Crippen molar-refractivity contribution in [2.45, 2.75) is 309 Å². The van der Waals surface area contributed by atoms with E-state index >= 15 is 0 Å². The van der Waals surface area contributed by atoms with E-state index in [4.69, 9.17) is 0 Å². The summed E-state index contributed by atoms with van der Waals surface area (Å²) in [4.78, 5) is 5.48. The first-order valence-electron chi connectivity index (χ1n) is 26.0. The van der Waals surface area contributed by atoms with Crippen LogP contribution in [0, 0.1) is 0 Å². The average Bonchev–Trinajstić information content (AvgIpc) is 3.57. The Labute approximate surface area is 343 Å². The van der Waals surface area contributed by atoms with Gasteiger partial charge in [0.15, 0.2) is 0 Å². The summed E-state index contributed by atoms with van der Waals surface area (Å²) in [5.74, 6) is 0. The molecule has 0 radical (unpaired) electrons. The molecule has 0 N–H and O–H groups in total. The lowest BCUT2D eigenvalue weighted by Gasteiger charge is -2.33. The van der Waals surface area contributed by atoms with E-state index in [9.17, 15) is 0 Å². The normalized spacial score (nSPS) is 14.3. The highest BCUT2D eigenvalue weighted by atomic mass is 15.4. The lowest BCUT2D eigenvalue weighted by molar-refractivity contribution is 0.135. The van der Waals surface area contributed by atoms with Gasteiger partial charge < -0.3 is 9.80 Å². The highest BCUT2D eigenvalue weighted by Gasteiger charge is 2.25. The van der Waals surface area contributed by atoms with Crippen molar-refractivity contribution in [2.24, 2.45) is 0 Å². The predicted octanol–water partition coefficient (Wildman–Crippen LogP) is 18.6. The molecule has 0 aromatic rings. The second-order valence-corrected chi connectivity index (χ2v) is 18.2. The molecule has 1 atom stereocenters. The third-order valence-corrected chi connectivity index (χ3v) is 12.8. The summed E-state index contributed by atoms with van der Waals surface area (Å²) in [7, 11) is 0. The zero-order valence-electron chi connectivity index (χ0n) is 38.2. The lowest BCUT2D eigenvalue weighted by atomic mass is 10.0. The van der Waals surface area contributed by atoms with Gasteiger partial charge >= 0.3 is 0 Å². The van der Waals surface area contributed by atoms with Gasteiger partial charge in [0.25, 0.3) is 0 Å². The van der Waals surface area contributed by atoms with Crippen LogP contribution in [0.4, 0.5) is 0 Å². The number of hydrogen-bond acceptors (Lipinski definition) is 2. The molecule has 1 aliphatic rings. The van der Waals surface area contributed by atoms with E-state index in [1.807, 2.05) is 0 Å². The lowest BCUT2D eigenvalue weighted by Crippen LogP contribution is -2.39. The second kappa shape index (κ2) is 43.5. The van der Waals surface area contributed by atoms with Crippen LogP contribution in [0.2, 0.25) is 0 Å². The van der Waals surface area contributed by atoms with Gasteiger partial charge in [0.05, 0.1) is 0 Å². The Hall–Kier alpha value is -0.660. The van der Waals surface area contributed by atoms with Crippen molar-refractivity contribution in [3.8, 4) is 0 Å². The quantitative estimate of drug-likeness (QED) is 0.0571. The summed E-state index contributed by atoms with van der Waals surface area (Å²) < 4.78 is 0. The molecule has 0 amide bonds. The van der Waals surface area contributed by atoms with Crippen LogP contribution in [0.25, 0.3) is 0 Å². The molecule has 1 heterocycles. The molecule has 2 heteroatoms. The minimum Gasteiger partial charge on any atom is -0.356 e. The van der Waals surface area contributed by atoms with Crippen LogP contribution < -0.4 is 0 Å². The van der Waals surface area contributed by atoms with Gasteiger partial charge in [-0.3, -0.25) is 0 Å². The minimum absolute atomic E-state index is 0.635. The SMILES string of the molecule is CCCCCCCCCCCCCCCCCCCC1N(CCCCCCCCCCCC)C=CN1CCCCCCCCCCCCCCCCCC. The first-order valence-corrected chi connectivity index (χ1v) is 26.0. The molecule has 1 rings (SSSR count). The first-order chi connectivity index (χ1) is 26.8. The van der Waals surface area contributed by atoms with Gasteiger partial charge in [0.2, 0.25) is 0 Å². The van der Waals surface area contributed by atoms with Gasteiger partial charge in [0, 0.05) is 25.5 Å². The van der Waals surface area contributed by atoms with Crippen LogP contribution in [-0.4, -0.2) is 29.1 Å². The largest absolute Gasteiger partial charge is 0.356 e. The number of unbranched alkanes of at least 4 members (excludes halogenated alkanes) is 40. The van der Waals surface area contributed by atoms with Crippen LogP contribution in [-0.2, 0) is 0 Å². The fourth-order valence-corrected chi connectivity index (χ4v) is 9.02. The van der Waals surface area contributed by atoms with Gasteiger partial charge in [-0.2, -0.15) is 0 Å². The van der Waals surface area contributed by atoms with Gasteiger partial charge in [-0.1, -0.05) is 278 Å². The minimum atomic E-state index is 0.635. The molecule has 54 heavy (non-hydrogen) atoms. The highest BCUT2D eigenvalue weighted by molar-refractivity contribution is 4.97. The van der Waals surface area contributed by atoms with Crippen molar-refractivity contribution < 1.29 is 0 Å². The molecule has 1 aliphatic heterocycles. The van der Waals surface area contributed by atoms with E-state index in [2.05, 4.69) is 43.0 Å². The summed E-state index contributed by atoms with van der Waals surface area (Å²) in [5, 5.41) is 0. The van der Waals surface area contributed by atoms with E-state index in [0.29, 0.717) is 6.17 Å². The van der Waals surface area contributed by atoms with Crippen LogP contribution in [0.15, 0.2) is 12.4 Å². The molecular weight excluding hydrogens is 653 g/mol. The van der Waals surface area contributed by atoms with Crippen molar-refractivity contribution in [3.63, 3.8) is 0 Å². The molecule has 0 fully saturated rings. The molecular formula is C52H104N2. The molecule has 0 spiro atoms. The molecule has 0 bridgehead atoms. The molecule has 0 aliphatic carbocycles. The van der Waals surface area contributed by atoms with E-state index in [0.717, 1.165) is 0 Å². The van der Waals surface area contributed by atoms with Gasteiger partial charge in [-0.25, -0.2) is 0 Å². The molecule has 2 nitrogen and oxygen atoms in total. The monoisotopic (exact) mass is 757 g/mol. The summed E-state index contributed by atoms with van der Waals surface area (Å²) in [6, 6.07) is 0. The highest BCUT2D eigenvalue weighted by Crippen LogP contribution is 2.24. The molecule has 322 valence electrons. The number of rotatable bonds is 46. The first kappa shape index (κ1) is 51.4. The zero-order chi connectivity index (χ0) is 38.7. The molecule has 0 saturated carbocycles. The van der Waals surface area contributed by atoms with Crippen molar-refractivity contribution in [3.05, 3.63) is 12.4 Å². The summed E-state index contributed by atoms with van der Waals surface area (Å²) in [6.07, 6.45) is 69.4. The Morgan fingerprint density at radius 2 is 0.426 bits per heavy atom. The zero-order valence-corrected chi connectivity index (χ0v) is 38.2. The van der Waals surface area contributed by atoms with E-state index in [-0.39, 0.29) is 0 Å². The smallest absolute Gasteiger partial charge is 0.101 e. The summed E-state index contributed by atoms with van der Waals surface area (Å²) in [5.41, 5.74) is 0. The third-order valence-electron chi connectivity index (χ3n) is 12.8. The maximum absolute atomic E-state index is 2.74. The fraction of sp³-hybridized carbons (Fsp3) is 0.962. The molecule has 0 saturated heterocycles. The second-order valence-electron chi connectivity index (χ2n) is 18.2. The Bertz CT molecular complexity index is 717. The molecule has 1 unspecified atom stereocenters. The fourth-order valence-electron chi connectivity index (χ4n) is 9.02. The number of hydrogen-bond donors (Lipinski definition) is 0. The van der Waals surface area contributed by atoms with Crippen LogP contribution >= 0.6 is 0 Å². The van der Waals surface area contributed by atoms with Gasteiger partial charge in [-0.05, 0) is 25.7 Å². The Morgan fingerprint density at radius 3 is 0.648 bits per heavy atom. The topological polar surface area (TPSA) is 6.48 Å². The van der Waals surface area contributed by atoms with Crippen molar-refractivity contribution >= 4 is 0 Å². The molecule has 0 aromatic carbocycles. The maximum atomic E-state index is 2.74. The Balaban J connectivity index is 2.17. The van der Waals surface area contributed by atoms with Crippen LogP contribution in [0.1, 0.15) is 303 Å².